The van der Waals surface area contributed by atoms with E-state index in [1.165, 1.54) is 0 Å². The van der Waals surface area contributed by atoms with Gasteiger partial charge >= 0.3 is 27.5 Å². The summed E-state index contributed by atoms with van der Waals surface area (Å²) in [5.41, 5.74) is 0. The first kappa shape index (κ1) is 16.1. The van der Waals surface area contributed by atoms with E-state index in [0.717, 1.165) is 0 Å². The first-order valence-corrected chi connectivity index (χ1v) is 4.80. The van der Waals surface area contributed by atoms with Crippen LogP contribution in [0.2, 0.25) is 0 Å². The van der Waals surface area contributed by atoms with Crippen molar-refractivity contribution in [2.24, 2.45) is 0 Å². The topological polar surface area (TPSA) is 60.4 Å². The zero-order valence-corrected chi connectivity index (χ0v) is 8.50. The molecule has 0 heterocycles. The number of rotatable bonds is 4. The third kappa shape index (κ3) is 2.51. The smallest absolute Gasteiger partial charge is 0.284 e. The summed E-state index contributed by atoms with van der Waals surface area (Å²) < 4.78 is 108. The van der Waals surface area contributed by atoms with Crippen molar-refractivity contribution in [1.82, 2.24) is 0 Å². The normalized spacial score (nSPS) is 14.8. The van der Waals surface area contributed by atoms with Crippen LogP contribution >= 0.6 is 0 Å². The van der Waals surface area contributed by atoms with Gasteiger partial charge in [-0.05, 0) is 0 Å². The average molecular weight is 292 g/mol. The van der Waals surface area contributed by atoms with E-state index in [-0.39, 0.29) is 7.11 Å². The zero-order valence-electron chi connectivity index (χ0n) is 7.69. The second kappa shape index (κ2) is 4.08. The molecular formula is C5H3F7O4S. The highest BCUT2D eigenvalue weighted by Crippen LogP contribution is 2.41. The monoisotopic (exact) mass is 292 g/mol. The summed E-state index contributed by atoms with van der Waals surface area (Å²) >= 11 is 0. The highest BCUT2D eigenvalue weighted by atomic mass is 32.2. The molecule has 0 N–H and O–H groups in total. The molecule has 0 aliphatic rings. The van der Waals surface area contributed by atoms with Gasteiger partial charge in [0, 0.05) is 0 Å². The van der Waals surface area contributed by atoms with Gasteiger partial charge in [0.1, 0.15) is 0 Å². The van der Waals surface area contributed by atoms with Crippen molar-refractivity contribution in [2.45, 2.75) is 17.4 Å². The Morgan fingerprint density at radius 3 is 1.59 bits per heavy atom. The van der Waals surface area contributed by atoms with Crippen LogP contribution in [-0.4, -0.2) is 38.7 Å². The molecule has 0 atom stereocenters. The van der Waals surface area contributed by atoms with Crippen LogP contribution in [0.15, 0.2) is 0 Å². The number of alkyl halides is 7. The lowest BCUT2D eigenvalue weighted by Crippen LogP contribution is -2.54. The molecule has 0 amide bonds. The summed E-state index contributed by atoms with van der Waals surface area (Å²) in [6.45, 7) is 0. The van der Waals surface area contributed by atoms with Crippen LogP contribution in [0.4, 0.5) is 30.7 Å². The van der Waals surface area contributed by atoms with Crippen molar-refractivity contribution >= 4 is 15.9 Å². The van der Waals surface area contributed by atoms with E-state index in [9.17, 15) is 43.9 Å². The fraction of sp³-hybridized carbons (Fsp3) is 0.800. The fourth-order valence-electron chi connectivity index (χ4n) is 0.530. The zero-order chi connectivity index (χ0) is 14.3. The minimum atomic E-state index is -6.64. The molecule has 0 saturated carbocycles. The van der Waals surface area contributed by atoms with Gasteiger partial charge in [-0.3, -0.25) is 8.98 Å². The van der Waals surface area contributed by atoms with Gasteiger partial charge in [-0.2, -0.15) is 39.2 Å². The highest BCUT2D eigenvalue weighted by Gasteiger charge is 2.73. The average Bonchev–Trinajstić information content (AvgIpc) is 2.14. The maximum Gasteiger partial charge on any atom is 0.461 e. The predicted molar refractivity (Wildman–Crippen MR) is 36.9 cm³/mol. The molecule has 17 heavy (non-hydrogen) atoms. The molecule has 0 aromatic heterocycles. The number of ketones is 1. The van der Waals surface area contributed by atoms with Gasteiger partial charge in [0.2, 0.25) is 0 Å². The summed E-state index contributed by atoms with van der Waals surface area (Å²) in [6, 6.07) is 0. The molecule has 0 fully saturated rings. The number of Topliss-reactive ketones (excluding diaryl/α,β-unsaturated/α-hetero) is 1. The van der Waals surface area contributed by atoms with E-state index in [4.69, 9.17) is 0 Å². The second-order valence-corrected chi connectivity index (χ2v) is 4.29. The van der Waals surface area contributed by atoms with Crippen molar-refractivity contribution in [3.63, 3.8) is 0 Å². The molecule has 0 radical (unpaired) electrons. The minimum absolute atomic E-state index is 0.0717. The Bertz CT molecular complexity index is 408. The number of halogens is 7. The van der Waals surface area contributed by atoms with Crippen LogP contribution in [-0.2, 0) is 19.1 Å². The largest absolute Gasteiger partial charge is 0.461 e. The third-order valence-electron chi connectivity index (χ3n) is 1.44. The standard InChI is InChI=1S/C5H3F7O4S/c1-16-17(14,15)4(8,9)2(13)3(6,7)5(10,11)12/h1H3. The number of hydrogen-bond donors (Lipinski definition) is 0. The van der Waals surface area contributed by atoms with E-state index in [1.54, 1.807) is 0 Å². The van der Waals surface area contributed by atoms with Gasteiger partial charge in [0.15, 0.2) is 0 Å². The highest BCUT2D eigenvalue weighted by molar-refractivity contribution is 7.88. The maximum atomic E-state index is 12.6. The van der Waals surface area contributed by atoms with Crippen molar-refractivity contribution in [3.05, 3.63) is 0 Å². The van der Waals surface area contributed by atoms with Gasteiger partial charge in [-0.15, -0.1) is 0 Å². The molecule has 0 aromatic rings. The molecule has 12 heteroatoms. The number of hydrogen-bond acceptors (Lipinski definition) is 4. The van der Waals surface area contributed by atoms with Gasteiger partial charge in [-0.1, -0.05) is 0 Å². The lowest BCUT2D eigenvalue weighted by Gasteiger charge is -2.22. The quantitative estimate of drug-likeness (QED) is 0.579. The molecular weight excluding hydrogens is 289 g/mol. The Hall–Kier alpha value is -0.910. The van der Waals surface area contributed by atoms with Crippen LogP contribution in [0, 0.1) is 0 Å². The Balaban J connectivity index is 5.64. The molecule has 102 valence electrons. The van der Waals surface area contributed by atoms with Crippen molar-refractivity contribution in [1.29, 1.82) is 0 Å². The van der Waals surface area contributed by atoms with Crippen LogP contribution in [0.1, 0.15) is 0 Å². The Morgan fingerprint density at radius 2 is 1.35 bits per heavy atom. The Labute approximate surface area is 89.5 Å². The van der Waals surface area contributed by atoms with Crippen LogP contribution in [0.3, 0.4) is 0 Å². The lowest BCUT2D eigenvalue weighted by atomic mass is 10.2. The van der Waals surface area contributed by atoms with Gasteiger partial charge < -0.3 is 0 Å². The first-order chi connectivity index (χ1) is 7.22. The number of carbonyl (C=O) groups is 1. The summed E-state index contributed by atoms with van der Waals surface area (Å²) in [4.78, 5) is 10.3. The fourth-order valence-corrected chi connectivity index (χ4v) is 1.09. The molecule has 0 rings (SSSR count). The molecule has 0 aromatic carbocycles. The van der Waals surface area contributed by atoms with Gasteiger partial charge in [0.05, 0.1) is 7.11 Å². The van der Waals surface area contributed by atoms with Crippen molar-refractivity contribution < 1.29 is 48.1 Å². The molecule has 0 aliphatic carbocycles. The number of carbonyl (C=O) groups excluding carboxylic acids is 1. The SMILES string of the molecule is COS(=O)(=O)C(F)(F)C(=O)C(F)(F)C(F)(F)F. The first-order valence-electron chi connectivity index (χ1n) is 3.39. The molecule has 4 nitrogen and oxygen atoms in total. The van der Waals surface area contributed by atoms with E-state index in [1.807, 2.05) is 0 Å². The maximum absolute atomic E-state index is 12.6. The van der Waals surface area contributed by atoms with Gasteiger partial charge in [-0.25, -0.2) is 0 Å². The third-order valence-corrected chi connectivity index (χ3v) is 2.69. The van der Waals surface area contributed by atoms with E-state index in [2.05, 4.69) is 4.18 Å². The molecule has 0 saturated heterocycles. The van der Waals surface area contributed by atoms with Crippen LogP contribution < -0.4 is 0 Å². The molecule has 0 bridgehead atoms. The predicted octanol–water partition coefficient (Wildman–Crippen LogP) is 1.32. The Morgan fingerprint density at radius 1 is 1.00 bits per heavy atom. The summed E-state index contributed by atoms with van der Waals surface area (Å²) in [6.07, 6.45) is -6.64. The molecule has 0 unspecified atom stereocenters. The van der Waals surface area contributed by atoms with Crippen molar-refractivity contribution in [3.8, 4) is 0 Å². The van der Waals surface area contributed by atoms with Crippen molar-refractivity contribution in [2.75, 3.05) is 7.11 Å². The summed E-state index contributed by atoms with van der Waals surface area (Å²) in [5.74, 6) is -10.6. The molecule has 0 aliphatic heterocycles. The van der Waals surface area contributed by atoms with Crippen LogP contribution in [0.5, 0.6) is 0 Å². The van der Waals surface area contributed by atoms with Gasteiger partial charge in [0.25, 0.3) is 5.78 Å². The summed E-state index contributed by atoms with van der Waals surface area (Å²) in [5, 5.41) is -6.01. The van der Waals surface area contributed by atoms with E-state index < -0.39 is 33.3 Å². The van der Waals surface area contributed by atoms with E-state index in [0.29, 0.717) is 0 Å². The Kier molecular flexibility index (Phi) is 3.86. The minimum Gasteiger partial charge on any atom is -0.284 e. The second-order valence-electron chi connectivity index (χ2n) is 2.54. The lowest BCUT2D eigenvalue weighted by molar-refractivity contribution is -0.274. The summed E-state index contributed by atoms with van der Waals surface area (Å²) in [7, 11) is -6.13. The molecule has 0 spiro atoms. The van der Waals surface area contributed by atoms with E-state index >= 15 is 0 Å². The van der Waals surface area contributed by atoms with Crippen LogP contribution in [0.25, 0.3) is 0 Å².